The average molecular weight is 630 g/mol. The summed E-state index contributed by atoms with van der Waals surface area (Å²) in [4.78, 5) is 39.6. The average Bonchev–Trinajstić information content (AvgIpc) is 3.12. The summed E-state index contributed by atoms with van der Waals surface area (Å²) in [5.41, 5.74) is 4.18. The van der Waals surface area contributed by atoms with Crippen LogP contribution in [0.1, 0.15) is 29.2 Å². The zero-order chi connectivity index (χ0) is 28.1. The largest absolute Gasteiger partial charge is 0.490 e. The number of thioether (sulfide) groups is 1. The molecule has 0 saturated carbocycles. The Labute approximate surface area is 244 Å². The summed E-state index contributed by atoms with van der Waals surface area (Å²) in [6.07, 6.45) is 1.63. The van der Waals surface area contributed by atoms with Crippen LogP contribution in [-0.2, 0) is 16.1 Å². The van der Waals surface area contributed by atoms with Crippen LogP contribution in [0, 0.1) is 13.8 Å². The lowest BCUT2D eigenvalue weighted by atomic mass is 10.1. The standard InChI is InChI=1S/C29H26BrClN2O5S/c1-4-37-24-13-20(14-25-28(35)33(29(36)39-25)15-19-6-5-7-21(31)11-19)12-22(30)27(24)38-16-26(34)32-23-9-8-17(2)10-18(23)3/h5-14H,4,15-16H2,1-3H3,(H,32,34)/b25-14-. The molecule has 0 atom stereocenters. The summed E-state index contributed by atoms with van der Waals surface area (Å²) in [5.74, 6) is 0.0608. The summed E-state index contributed by atoms with van der Waals surface area (Å²) in [6, 6.07) is 16.3. The molecule has 0 aromatic heterocycles. The number of carbonyl (C=O) groups is 3. The first-order valence-corrected chi connectivity index (χ1v) is 14.1. The first-order valence-electron chi connectivity index (χ1n) is 12.1. The first-order chi connectivity index (χ1) is 18.6. The zero-order valence-electron chi connectivity index (χ0n) is 21.5. The fourth-order valence-electron chi connectivity index (χ4n) is 3.96. The fraction of sp³-hybridized carbons (Fsp3) is 0.207. The molecule has 1 saturated heterocycles. The van der Waals surface area contributed by atoms with Crippen LogP contribution in [0.25, 0.3) is 6.08 Å². The van der Waals surface area contributed by atoms with Gasteiger partial charge < -0.3 is 14.8 Å². The smallest absolute Gasteiger partial charge is 0.293 e. The van der Waals surface area contributed by atoms with E-state index in [-0.39, 0.29) is 35.1 Å². The molecule has 3 amide bonds. The molecule has 0 aliphatic carbocycles. The molecular formula is C29H26BrClN2O5S. The first kappa shape index (κ1) is 28.7. The van der Waals surface area contributed by atoms with Crippen molar-refractivity contribution in [3.8, 4) is 11.5 Å². The molecule has 4 rings (SSSR count). The molecule has 1 fully saturated rings. The van der Waals surface area contributed by atoms with Crippen LogP contribution in [0.2, 0.25) is 5.02 Å². The number of nitrogens with one attached hydrogen (secondary N) is 1. The van der Waals surface area contributed by atoms with Gasteiger partial charge in [0.2, 0.25) is 0 Å². The second kappa shape index (κ2) is 12.7. The number of ether oxygens (including phenoxy) is 2. The van der Waals surface area contributed by atoms with Crippen LogP contribution in [0.3, 0.4) is 0 Å². The number of rotatable bonds is 9. The summed E-state index contributed by atoms with van der Waals surface area (Å²) in [7, 11) is 0. The normalized spacial score (nSPS) is 14.2. The van der Waals surface area contributed by atoms with E-state index in [2.05, 4.69) is 21.2 Å². The van der Waals surface area contributed by atoms with Crippen LogP contribution in [0.5, 0.6) is 11.5 Å². The van der Waals surface area contributed by atoms with Gasteiger partial charge in [0.05, 0.1) is 22.5 Å². The molecule has 1 N–H and O–H groups in total. The van der Waals surface area contributed by atoms with Crippen molar-refractivity contribution in [2.45, 2.75) is 27.3 Å². The Morgan fingerprint density at radius 1 is 1.10 bits per heavy atom. The van der Waals surface area contributed by atoms with Gasteiger partial charge in [-0.05, 0) is 102 Å². The van der Waals surface area contributed by atoms with Crippen molar-refractivity contribution in [1.29, 1.82) is 0 Å². The van der Waals surface area contributed by atoms with Gasteiger partial charge in [-0.2, -0.15) is 0 Å². The molecule has 0 unspecified atom stereocenters. The Balaban J connectivity index is 1.49. The highest BCUT2D eigenvalue weighted by Gasteiger charge is 2.35. The van der Waals surface area contributed by atoms with Gasteiger partial charge in [0, 0.05) is 10.7 Å². The van der Waals surface area contributed by atoms with Gasteiger partial charge in [0.25, 0.3) is 17.1 Å². The van der Waals surface area contributed by atoms with E-state index in [4.69, 9.17) is 21.1 Å². The van der Waals surface area contributed by atoms with Gasteiger partial charge in [-0.15, -0.1) is 0 Å². The molecule has 10 heteroatoms. The van der Waals surface area contributed by atoms with Crippen LogP contribution >= 0.6 is 39.3 Å². The van der Waals surface area contributed by atoms with E-state index in [1.807, 2.05) is 45.0 Å². The lowest BCUT2D eigenvalue weighted by Gasteiger charge is -2.15. The maximum Gasteiger partial charge on any atom is 0.293 e. The van der Waals surface area contributed by atoms with E-state index in [1.165, 1.54) is 4.90 Å². The Hall–Kier alpha value is -3.27. The monoisotopic (exact) mass is 628 g/mol. The highest BCUT2D eigenvalue weighted by molar-refractivity contribution is 9.10. The third kappa shape index (κ3) is 7.23. The maximum absolute atomic E-state index is 13.0. The third-order valence-electron chi connectivity index (χ3n) is 5.74. The van der Waals surface area contributed by atoms with Gasteiger partial charge in [0.1, 0.15) is 0 Å². The van der Waals surface area contributed by atoms with Gasteiger partial charge in [-0.1, -0.05) is 41.4 Å². The van der Waals surface area contributed by atoms with Crippen molar-refractivity contribution < 1.29 is 23.9 Å². The molecular weight excluding hydrogens is 604 g/mol. The number of hydrogen-bond acceptors (Lipinski definition) is 6. The predicted octanol–water partition coefficient (Wildman–Crippen LogP) is 7.37. The highest BCUT2D eigenvalue weighted by atomic mass is 79.9. The summed E-state index contributed by atoms with van der Waals surface area (Å²) < 4.78 is 12.1. The van der Waals surface area contributed by atoms with E-state index in [0.29, 0.717) is 33.2 Å². The number of imide groups is 1. The molecule has 1 aliphatic rings. The lowest BCUT2D eigenvalue weighted by Crippen LogP contribution is -2.27. The maximum atomic E-state index is 13.0. The predicted molar refractivity (Wildman–Crippen MR) is 158 cm³/mol. The van der Waals surface area contributed by atoms with E-state index in [9.17, 15) is 14.4 Å². The quantitative estimate of drug-likeness (QED) is 0.249. The molecule has 3 aromatic carbocycles. The van der Waals surface area contributed by atoms with Crippen molar-refractivity contribution >= 4 is 68.1 Å². The molecule has 39 heavy (non-hydrogen) atoms. The van der Waals surface area contributed by atoms with Crippen molar-refractivity contribution in [2.75, 3.05) is 18.5 Å². The number of anilines is 1. The van der Waals surface area contributed by atoms with Crippen LogP contribution in [-0.4, -0.2) is 35.2 Å². The summed E-state index contributed by atoms with van der Waals surface area (Å²) in [6.45, 7) is 6.01. The zero-order valence-corrected chi connectivity index (χ0v) is 24.7. The van der Waals surface area contributed by atoms with Gasteiger partial charge in [0.15, 0.2) is 18.1 Å². The highest BCUT2D eigenvalue weighted by Crippen LogP contribution is 2.39. The minimum absolute atomic E-state index is 0.132. The molecule has 7 nitrogen and oxygen atoms in total. The molecule has 0 spiro atoms. The summed E-state index contributed by atoms with van der Waals surface area (Å²) >= 11 is 10.4. The number of benzene rings is 3. The number of amides is 3. The van der Waals surface area contributed by atoms with Crippen LogP contribution in [0.4, 0.5) is 10.5 Å². The minimum atomic E-state index is -0.387. The Morgan fingerprint density at radius 3 is 2.62 bits per heavy atom. The number of aryl methyl sites for hydroxylation is 2. The lowest BCUT2D eigenvalue weighted by molar-refractivity contribution is -0.123. The van der Waals surface area contributed by atoms with Crippen molar-refractivity contribution in [3.63, 3.8) is 0 Å². The second-order valence-electron chi connectivity index (χ2n) is 8.82. The van der Waals surface area contributed by atoms with Gasteiger partial charge in [-0.25, -0.2) is 0 Å². The van der Waals surface area contributed by atoms with E-state index in [1.54, 1.807) is 36.4 Å². The molecule has 1 heterocycles. The van der Waals surface area contributed by atoms with Crippen LogP contribution < -0.4 is 14.8 Å². The van der Waals surface area contributed by atoms with Crippen molar-refractivity contribution in [2.24, 2.45) is 0 Å². The van der Waals surface area contributed by atoms with Crippen molar-refractivity contribution in [1.82, 2.24) is 4.90 Å². The molecule has 202 valence electrons. The Kier molecular flexibility index (Phi) is 9.37. The molecule has 0 radical (unpaired) electrons. The fourth-order valence-corrected chi connectivity index (χ4v) is 5.58. The van der Waals surface area contributed by atoms with E-state index < -0.39 is 0 Å². The molecule has 3 aromatic rings. The summed E-state index contributed by atoms with van der Waals surface area (Å²) in [5, 5.41) is 3.04. The van der Waals surface area contributed by atoms with E-state index >= 15 is 0 Å². The van der Waals surface area contributed by atoms with Gasteiger partial charge >= 0.3 is 0 Å². The van der Waals surface area contributed by atoms with Crippen molar-refractivity contribution in [3.05, 3.63) is 91.3 Å². The topological polar surface area (TPSA) is 84.9 Å². The Bertz CT molecular complexity index is 1480. The molecule has 0 bridgehead atoms. The van der Waals surface area contributed by atoms with Crippen LogP contribution in [0.15, 0.2) is 64.0 Å². The van der Waals surface area contributed by atoms with Gasteiger partial charge in [-0.3, -0.25) is 19.3 Å². The Morgan fingerprint density at radius 2 is 1.90 bits per heavy atom. The minimum Gasteiger partial charge on any atom is -0.490 e. The number of carbonyl (C=O) groups excluding carboxylic acids is 3. The third-order valence-corrected chi connectivity index (χ3v) is 7.47. The molecule has 1 aliphatic heterocycles. The second-order valence-corrected chi connectivity index (χ2v) is 11.1. The SMILES string of the molecule is CCOc1cc(/C=C2\SC(=O)N(Cc3cccc(Cl)c3)C2=O)cc(Br)c1OCC(=O)Nc1ccc(C)cc1C. The number of hydrogen-bond donors (Lipinski definition) is 1. The van der Waals surface area contributed by atoms with E-state index in [0.717, 1.165) is 34.1 Å². The number of halogens is 2. The number of nitrogens with zero attached hydrogens (tertiary/aromatic N) is 1.